The minimum Gasteiger partial charge on any atom is -0.369 e. The summed E-state index contributed by atoms with van der Waals surface area (Å²) < 4.78 is 76.3. The molecule has 0 saturated carbocycles. The molecule has 0 bridgehead atoms. The van der Waals surface area contributed by atoms with Crippen LogP contribution in [0.5, 0.6) is 0 Å². The normalized spacial score (nSPS) is 13.0. The van der Waals surface area contributed by atoms with Gasteiger partial charge in [-0.25, -0.2) is 0 Å². The SMILES string of the molecule is O=[N+]([O-])c1cc(C(O)(C(F)(F)F)C(F)(F)F)cc([N+](=O)[O-])c1Cl. The molecule has 0 aromatic heterocycles. The number of nitro benzene ring substituents is 2. The van der Waals surface area contributed by atoms with E-state index >= 15 is 0 Å². The highest BCUT2D eigenvalue weighted by Crippen LogP contribution is 2.52. The molecule has 1 N–H and O–H groups in total. The number of alkyl halides is 6. The summed E-state index contributed by atoms with van der Waals surface area (Å²) in [5.41, 5.74) is -10.9. The quantitative estimate of drug-likeness (QED) is 0.499. The van der Waals surface area contributed by atoms with Crippen molar-refractivity contribution < 1.29 is 41.3 Å². The minimum atomic E-state index is -6.36. The van der Waals surface area contributed by atoms with Crippen LogP contribution in [-0.2, 0) is 5.60 Å². The van der Waals surface area contributed by atoms with Gasteiger partial charge in [0.25, 0.3) is 17.0 Å². The van der Waals surface area contributed by atoms with Crippen molar-refractivity contribution in [3.63, 3.8) is 0 Å². The van der Waals surface area contributed by atoms with Crippen LogP contribution >= 0.6 is 11.6 Å². The monoisotopic (exact) mass is 368 g/mol. The standard InChI is InChI=1S/C9H3ClF6N2O5/c10-6-4(17(20)21)1-3(2-5(6)18(22)23)7(19,8(11,12)13)9(14,15)16/h1-2,19H. The van der Waals surface area contributed by atoms with Crippen LogP contribution in [0.25, 0.3) is 0 Å². The van der Waals surface area contributed by atoms with E-state index in [4.69, 9.17) is 16.7 Å². The number of rotatable bonds is 3. The lowest BCUT2D eigenvalue weighted by Crippen LogP contribution is -2.53. The third kappa shape index (κ3) is 3.01. The minimum absolute atomic E-state index is 0.323. The Balaban J connectivity index is 3.90. The topological polar surface area (TPSA) is 107 Å². The highest BCUT2D eigenvalue weighted by molar-refractivity contribution is 6.34. The van der Waals surface area contributed by atoms with Crippen LogP contribution in [0.4, 0.5) is 37.7 Å². The summed E-state index contributed by atoms with van der Waals surface area (Å²) in [7, 11) is 0. The van der Waals surface area contributed by atoms with E-state index in [2.05, 4.69) is 0 Å². The van der Waals surface area contributed by atoms with Gasteiger partial charge in [0.1, 0.15) is 0 Å². The zero-order chi connectivity index (χ0) is 18.4. The van der Waals surface area contributed by atoms with Gasteiger partial charge in [0.05, 0.1) is 9.85 Å². The van der Waals surface area contributed by atoms with Crippen LogP contribution in [0.1, 0.15) is 5.56 Å². The molecular weight excluding hydrogens is 366 g/mol. The lowest BCUT2D eigenvalue weighted by atomic mass is 9.91. The van der Waals surface area contributed by atoms with Gasteiger partial charge in [-0.1, -0.05) is 11.6 Å². The van der Waals surface area contributed by atoms with Crippen LogP contribution in [-0.4, -0.2) is 27.3 Å². The van der Waals surface area contributed by atoms with Gasteiger partial charge in [0.2, 0.25) is 0 Å². The van der Waals surface area contributed by atoms with Crippen molar-refractivity contribution in [2.45, 2.75) is 18.0 Å². The number of hydrogen-bond donors (Lipinski definition) is 1. The summed E-state index contributed by atoms with van der Waals surface area (Å²) in [6.07, 6.45) is -12.7. The second-order valence-corrected chi connectivity index (χ2v) is 4.43. The van der Waals surface area contributed by atoms with Crippen LogP contribution < -0.4 is 0 Å². The summed E-state index contributed by atoms with van der Waals surface area (Å²) in [6.45, 7) is 0. The molecule has 0 aliphatic rings. The Morgan fingerprint density at radius 1 is 0.913 bits per heavy atom. The van der Waals surface area contributed by atoms with E-state index in [1.165, 1.54) is 0 Å². The molecule has 1 aromatic carbocycles. The van der Waals surface area contributed by atoms with Crippen LogP contribution in [0.3, 0.4) is 0 Å². The number of aliphatic hydroxyl groups is 1. The summed E-state index contributed by atoms with van der Waals surface area (Å²) in [4.78, 5) is 18.2. The molecule has 0 heterocycles. The fourth-order valence-electron chi connectivity index (χ4n) is 1.56. The predicted octanol–water partition coefficient (Wildman–Crippen LogP) is 3.47. The van der Waals surface area contributed by atoms with Gasteiger partial charge in [0.15, 0.2) is 5.02 Å². The van der Waals surface area contributed by atoms with E-state index in [9.17, 15) is 46.6 Å². The zero-order valence-electron chi connectivity index (χ0n) is 10.3. The third-order valence-electron chi connectivity index (χ3n) is 2.67. The van der Waals surface area contributed by atoms with Crippen molar-refractivity contribution in [1.29, 1.82) is 0 Å². The second kappa shape index (κ2) is 5.49. The average Bonchev–Trinajstić information content (AvgIpc) is 2.34. The third-order valence-corrected chi connectivity index (χ3v) is 3.05. The Hall–Kier alpha value is -2.15. The van der Waals surface area contributed by atoms with E-state index in [0.29, 0.717) is 0 Å². The highest BCUT2D eigenvalue weighted by Gasteiger charge is 2.72. The fourth-order valence-corrected chi connectivity index (χ4v) is 1.80. The van der Waals surface area contributed by atoms with Crippen LogP contribution in [0, 0.1) is 20.2 Å². The van der Waals surface area contributed by atoms with Gasteiger partial charge >= 0.3 is 12.4 Å². The lowest BCUT2D eigenvalue weighted by Gasteiger charge is -2.32. The smallest absolute Gasteiger partial charge is 0.369 e. The maximum Gasteiger partial charge on any atom is 0.430 e. The summed E-state index contributed by atoms with van der Waals surface area (Å²) >= 11 is 5.22. The van der Waals surface area contributed by atoms with Gasteiger partial charge in [-0.3, -0.25) is 20.2 Å². The van der Waals surface area contributed by atoms with Gasteiger partial charge in [-0.05, 0) is 0 Å². The number of nitrogens with zero attached hydrogens (tertiary/aromatic N) is 2. The van der Waals surface area contributed by atoms with Crippen molar-refractivity contribution in [2.75, 3.05) is 0 Å². The molecule has 1 rings (SSSR count). The number of benzene rings is 1. The number of hydrogen-bond acceptors (Lipinski definition) is 5. The molecule has 0 aliphatic carbocycles. The fraction of sp³-hybridized carbons (Fsp3) is 0.333. The lowest BCUT2D eigenvalue weighted by molar-refractivity contribution is -0.396. The maximum atomic E-state index is 12.7. The van der Waals surface area contributed by atoms with Crippen LogP contribution in [0.2, 0.25) is 5.02 Å². The van der Waals surface area contributed by atoms with E-state index in [1.807, 2.05) is 0 Å². The van der Waals surface area contributed by atoms with Crippen molar-refractivity contribution in [3.05, 3.63) is 42.9 Å². The highest BCUT2D eigenvalue weighted by atomic mass is 35.5. The van der Waals surface area contributed by atoms with Gasteiger partial charge in [-0.2, -0.15) is 26.3 Å². The van der Waals surface area contributed by atoms with Gasteiger partial charge in [-0.15, -0.1) is 0 Å². The molecule has 0 spiro atoms. The predicted molar refractivity (Wildman–Crippen MR) is 60.8 cm³/mol. The molecule has 0 atom stereocenters. The van der Waals surface area contributed by atoms with Crippen molar-refractivity contribution in [1.82, 2.24) is 0 Å². The molecule has 0 saturated heterocycles. The molecule has 1 aromatic rings. The first-order chi connectivity index (χ1) is 10.1. The molecule has 0 aliphatic heterocycles. The first-order valence-corrected chi connectivity index (χ1v) is 5.51. The molecule has 7 nitrogen and oxygen atoms in total. The summed E-state index contributed by atoms with van der Waals surface area (Å²) in [5, 5.41) is 29.1. The zero-order valence-corrected chi connectivity index (χ0v) is 11.0. The molecule has 23 heavy (non-hydrogen) atoms. The molecule has 0 amide bonds. The molecule has 0 radical (unpaired) electrons. The van der Waals surface area contributed by atoms with E-state index < -0.39 is 49.8 Å². The van der Waals surface area contributed by atoms with E-state index in [1.54, 1.807) is 0 Å². The van der Waals surface area contributed by atoms with E-state index in [0.717, 1.165) is 0 Å². The van der Waals surface area contributed by atoms with Crippen molar-refractivity contribution in [2.24, 2.45) is 0 Å². The molecular formula is C9H3ClF6N2O5. The molecule has 14 heteroatoms. The maximum absolute atomic E-state index is 12.7. The molecule has 0 fully saturated rings. The first-order valence-electron chi connectivity index (χ1n) is 5.13. The van der Waals surface area contributed by atoms with E-state index in [-0.39, 0.29) is 12.1 Å². The number of nitro groups is 2. The largest absolute Gasteiger partial charge is 0.430 e. The van der Waals surface area contributed by atoms with Crippen LogP contribution in [0.15, 0.2) is 12.1 Å². The Morgan fingerprint density at radius 2 is 1.22 bits per heavy atom. The Morgan fingerprint density at radius 3 is 1.43 bits per heavy atom. The van der Waals surface area contributed by atoms with Gasteiger partial charge < -0.3 is 5.11 Å². The molecule has 128 valence electrons. The Kier molecular flexibility index (Phi) is 4.51. The second-order valence-electron chi connectivity index (χ2n) is 4.05. The van der Waals surface area contributed by atoms with Gasteiger partial charge in [0, 0.05) is 17.7 Å². The summed E-state index contributed by atoms with van der Waals surface area (Å²) in [6, 6.07) is -0.646. The molecule has 0 unspecified atom stereocenters. The average molecular weight is 369 g/mol. The number of halogens is 7. The summed E-state index contributed by atoms with van der Waals surface area (Å²) in [5.74, 6) is 0. The van der Waals surface area contributed by atoms with Crippen molar-refractivity contribution in [3.8, 4) is 0 Å². The Bertz CT molecular complexity index is 624. The first kappa shape index (κ1) is 18.9. The Labute approximate surface area is 126 Å². The van der Waals surface area contributed by atoms with Crippen molar-refractivity contribution >= 4 is 23.0 Å².